The molecule has 2 amide bonds. The summed E-state index contributed by atoms with van der Waals surface area (Å²) in [7, 11) is 0. The number of aryl methyl sites for hydroxylation is 3. The Morgan fingerprint density at radius 2 is 1.69 bits per heavy atom. The Balaban J connectivity index is 2.12. The third-order valence-corrected chi connectivity index (χ3v) is 5.91. The third-order valence-electron chi connectivity index (χ3n) is 5.50. The van der Waals surface area contributed by atoms with Crippen LogP contribution in [-0.4, -0.2) is 31.2 Å². The molecule has 0 saturated carbocycles. The van der Waals surface area contributed by atoms with Crippen molar-refractivity contribution in [3.8, 4) is 0 Å². The van der Waals surface area contributed by atoms with Crippen LogP contribution in [0.4, 0.5) is 16.2 Å². The highest BCUT2D eigenvalue weighted by molar-refractivity contribution is 6.31. The maximum Gasteiger partial charge on any atom is 0.414 e. The number of carbonyl (C=O) groups is 2. The molecule has 3 rings (SSSR count). The summed E-state index contributed by atoms with van der Waals surface area (Å²) < 4.78 is 5.32. The minimum absolute atomic E-state index is 0.127. The largest absolute Gasteiger partial charge is 0.449 e. The Kier molecular flexibility index (Phi) is 6.18. The predicted molar refractivity (Wildman–Crippen MR) is 117 cm³/mol. The fourth-order valence-electron chi connectivity index (χ4n) is 3.61. The molecule has 1 aliphatic heterocycles. The Labute approximate surface area is 177 Å². The van der Waals surface area contributed by atoms with Gasteiger partial charge in [0.2, 0.25) is 0 Å². The summed E-state index contributed by atoms with van der Waals surface area (Å²) in [5.74, 6) is -0.127. The van der Waals surface area contributed by atoms with Gasteiger partial charge in [-0.1, -0.05) is 24.6 Å². The van der Waals surface area contributed by atoms with Crippen LogP contribution in [0.3, 0.4) is 0 Å². The van der Waals surface area contributed by atoms with Crippen LogP contribution in [0.1, 0.15) is 47.3 Å². The highest BCUT2D eigenvalue weighted by atomic mass is 35.5. The zero-order valence-electron chi connectivity index (χ0n) is 17.6. The van der Waals surface area contributed by atoms with Gasteiger partial charge in [-0.3, -0.25) is 9.69 Å². The van der Waals surface area contributed by atoms with E-state index in [1.165, 1.54) is 0 Å². The first-order chi connectivity index (χ1) is 13.8. The second kappa shape index (κ2) is 8.46. The molecular formula is C23H27ClN2O3. The monoisotopic (exact) mass is 414 g/mol. The molecule has 154 valence electrons. The van der Waals surface area contributed by atoms with Crippen molar-refractivity contribution >= 4 is 35.0 Å². The maximum atomic E-state index is 13.4. The van der Waals surface area contributed by atoms with Crippen molar-refractivity contribution in [3.63, 3.8) is 0 Å². The van der Waals surface area contributed by atoms with E-state index in [-0.39, 0.29) is 18.0 Å². The van der Waals surface area contributed by atoms with E-state index in [1.807, 2.05) is 45.9 Å². The summed E-state index contributed by atoms with van der Waals surface area (Å²) in [5.41, 5.74) is 4.99. The van der Waals surface area contributed by atoms with Crippen molar-refractivity contribution in [2.75, 3.05) is 23.0 Å². The predicted octanol–water partition coefficient (Wildman–Crippen LogP) is 5.67. The lowest BCUT2D eigenvalue weighted by Crippen LogP contribution is -2.53. The van der Waals surface area contributed by atoms with E-state index in [0.717, 1.165) is 16.7 Å². The second-order valence-electron chi connectivity index (χ2n) is 7.44. The van der Waals surface area contributed by atoms with Gasteiger partial charge in [-0.2, -0.15) is 0 Å². The summed E-state index contributed by atoms with van der Waals surface area (Å²) in [4.78, 5) is 29.6. The van der Waals surface area contributed by atoms with E-state index >= 15 is 0 Å². The number of benzene rings is 2. The number of anilines is 2. The summed E-state index contributed by atoms with van der Waals surface area (Å²) in [6.07, 6.45) is 0.318. The van der Waals surface area contributed by atoms with Crippen LogP contribution in [0.2, 0.25) is 5.02 Å². The average molecular weight is 415 g/mol. The molecule has 29 heavy (non-hydrogen) atoms. The lowest BCUT2D eigenvalue weighted by Gasteiger charge is -2.42. The molecule has 1 atom stereocenters. The molecule has 0 spiro atoms. The van der Waals surface area contributed by atoms with Gasteiger partial charge in [0.1, 0.15) is 0 Å². The quantitative estimate of drug-likeness (QED) is 0.650. The van der Waals surface area contributed by atoms with E-state index in [1.54, 1.807) is 28.9 Å². The van der Waals surface area contributed by atoms with Crippen LogP contribution in [-0.2, 0) is 4.74 Å². The molecule has 2 aromatic rings. The average Bonchev–Trinajstić information content (AvgIpc) is 2.69. The fraction of sp³-hybridized carbons (Fsp3) is 0.391. The molecule has 6 heteroatoms. The van der Waals surface area contributed by atoms with E-state index in [4.69, 9.17) is 16.3 Å². The van der Waals surface area contributed by atoms with Gasteiger partial charge < -0.3 is 9.64 Å². The molecular weight excluding hydrogens is 388 g/mol. The van der Waals surface area contributed by atoms with Crippen molar-refractivity contribution in [1.82, 2.24) is 0 Å². The number of rotatable bonds is 3. The van der Waals surface area contributed by atoms with Crippen LogP contribution >= 0.6 is 11.6 Å². The standard InChI is InChI=1S/C23H27ClN2O3/c1-6-18-13-25(22(27)17-9-8-14(3)19(24)12-17)20-10-15(4)16(5)11-21(20)26(18)23(28)29-7-2/h8-12,18H,6-7,13H2,1-5H3. The minimum atomic E-state index is -0.380. The number of halogens is 1. The normalized spacial score (nSPS) is 15.9. The van der Waals surface area contributed by atoms with Crippen molar-refractivity contribution in [1.29, 1.82) is 0 Å². The molecule has 0 radical (unpaired) electrons. The summed E-state index contributed by atoms with van der Waals surface area (Å²) in [5, 5.41) is 0.563. The Morgan fingerprint density at radius 3 is 2.28 bits per heavy atom. The number of carbonyl (C=O) groups excluding carboxylic acids is 2. The van der Waals surface area contributed by atoms with Crippen LogP contribution in [0, 0.1) is 20.8 Å². The molecule has 2 aromatic carbocycles. The van der Waals surface area contributed by atoms with Gasteiger partial charge in [-0.05, 0) is 75.1 Å². The lowest BCUT2D eigenvalue weighted by molar-refractivity contribution is 0.0981. The van der Waals surface area contributed by atoms with Gasteiger partial charge in [0, 0.05) is 17.1 Å². The van der Waals surface area contributed by atoms with E-state index in [2.05, 4.69) is 0 Å². The van der Waals surface area contributed by atoms with Crippen molar-refractivity contribution < 1.29 is 14.3 Å². The van der Waals surface area contributed by atoms with Gasteiger partial charge in [0.25, 0.3) is 5.91 Å². The molecule has 0 saturated heterocycles. The topological polar surface area (TPSA) is 49.9 Å². The Morgan fingerprint density at radius 1 is 1.03 bits per heavy atom. The highest BCUT2D eigenvalue weighted by Crippen LogP contribution is 2.39. The van der Waals surface area contributed by atoms with Crippen molar-refractivity contribution in [2.24, 2.45) is 0 Å². The van der Waals surface area contributed by atoms with E-state index < -0.39 is 0 Å². The summed E-state index contributed by atoms with van der Waals surface area (Å²) in [6, 6.07) is 9.11. The number of ether oxygens (including phenoxy) is 1. The first-order valence-electron chi connectivity index (χ1n) is 9.93. The molecule has 1 unspecified atom stereocenters. The molecule has 5 nitrogen and oxygen atoms in total. The first-order valence-corrected chi connectivity index (χ1v) is 10.3. The molecule has 1 aliphatic rings. The smallest absolute Gasteiger partial charge is 0.414 e. The van der Waals surface area contributed by atoms with Crippen molar-refractivity contribution in [2.45, 2.75) is 47.1 Å². The van der Waals surface area contributed by atoms with Crippen molar-refractivity contribution in [3.05, 3.63) is 57.6 Å². The van der Waals surface area contributed by atoms with Crippen LogP contribution in [0.15, 0.2) is 30.3 Å². The van der Waals surface area contributed by atoms with Gasteiger partial charge in [0.15, 0.2) is 0 Å². The van der Waals surface area contributed by atoms with E-state index in [9.17, 15) is 9.59 Å². The maximum absolute atomic E-state index is 13.4. The van der Waals surface area contributed by atoms with E-state index in [0.29, 0.717) is 41.5 Å². The zero-order chi connectivity index (χ0) is 21.3. The highest BCUT2D eigenvalue weighted by Gasteiger charge is 2.37. The van der Waals surface area contributed by atoms with Crippen LogP contribution in [0.25, 0.3) is 0 Å². The number of hydrogen-bond donors (Lipinski definition) is 0. The van der Waals surface area contributed by atoms with Gasteiger partial charge in [-0.15, -0.1) is 0 Å². The molecule has 0 N–H and O–H groups in total. The lowest BCUT2D eigenvalue weighted by atomic mass is 9.99. The van der Waals surface area contributed by atoms with Gasteiger partial charge >= 0.3 is 6.09 Å². The molecule has 0 fully saturated rings. The molecule has 0 aliphatic carbocycles. The molecule has 0 aromatic heterocycles. The van der Waals surface area contributed by atoms with Gasteiger partial charge in [0.05, 0.1) is 24.0 Å². The van der Waals surface area contributed by atoms with Gasteiger partial charge in [-0.25, -0.2) is 4.79 Å². The zero-order valence-corrected chi connectivity index (χ0v) is 18.3. The summed E-state index contributed by atoms with van der Waals surface area (Å²) in [6.45, 7) is 10.4. The second-order valence-corrected chi connectivity index (χ2v) is 7.84. The minimum Gasteiger partial charge on any atom is -0.449 e. The summed E-state index contributed by atoms with van der Waals surface area (Å²) >= 11 is 6.26. The molecule has 0 bridgehead atoms. The number of hydrogen-bond acceptors (Lipinski definition) is 3. The SMILES string of the molecule is CCOC(=O)N1c2cc(C)c(C)cc2N(C(=O)c2ccc(C)c(Cl)c2)CC1CC. The Hall–Kier alpha value is -2.53. The molecule has 1 heterocycles. The van der Waals surface area contributed by atoms with Crippen LogP contribution in [0.5, 0.6) is 0 Å². The fourth-order valence-corrected chi connectivity index (χ4v) is 3.79. The Bertz CT molecular complexity index is 957. The number of fused-ring (bicyclic) bond motifs is 1. The number of amides is 2. The first kappa shape index (κ1) is 21.2. The van der Waals surface area contributed by atoms with Crippen LogP contribution < -0.4 is 9.80 Å². The number of nitrogens with zero attached hydrogens (tertiary/aromatic N) is 2. The third kappa shape index (κ3) is 3.97.